The highest BCUT2D eigenvalue weighted by atomic mass is 35.5. The van der Waals surface area contributed by atoms with E-state index in [0.29, 0.717) is 23.1 Å². The minimum absolute atomic E-state index is 0.0559. The van der Waals surface area contributed by atoms with Gasteiger partial charge in [0, 0.05) is 10.7 Å². The summed E-state index contributed by atoms with van der Waals surface area (Å²) in [6, 6.07) is 13.7. The zero-order valence-corrected chi connectivity index (χ0v) is 12.9. The number of anilines is 1. The summed E-state index contributed by atoms with van der Waals surface area (Å²) in [5.74, 6) is 1.42. The molecule has 0 heterocycles. The summed E-state index contributed by atoms with van der Waals surface area (Å²) in [7, 11) is 0. The lowest BCUT2D eigenvalue weighted by atomic mass is 10.3. The van der Waals surface area contributed by atoms with Gasteiger partial charge in [-0.05, 0) is 49.4 Å². The molecule has 22 heavy (non-hydrogen) atoms. The lowest BCUT2D eigenvalue weighted by Gasteiger charge is -2.10. The fourth-order valence-electron chi connectivity index (χ4n) is 1.73. The van der Waals surface area contributed by atoms with Gasteiger partial charge in [-0.2, -0.15) is 0 Å². The molecule has 0 saturated carbocycles. The number of benzene rings is 2. The van der Waals surface area contributed by atoms with Gasteiger partial charge in [-0.25, -0.2) is 4.79 Å². The van der Waals surface area contributed by atoms with Crippen LogP contribution in [0.15, 0.2) is 48.5 Å². The molecule has 2 aromatic rings. The van der Waals surface area contributed by atoms with E-state index in [9.17, 15) is 4.79 Å². The van der Waals surface area contributed by atoms with Crippen molar-refractivity contribution in [1.82, 2.24) is 5.32 Å². The van der Waals surface area contributed by atoms with Gasteiger partial charge in [0.2, 0.25) is 0 Å². The van der Waals surface area contributed by atoms with Crippen LogP contribution in [0, 0.1) is 0 Å². The van der Waals surface area contributed by atoms with Crippen molar-refractivity contribution in [3.05, 3.63) is 53.6 Å². The third-order valence-electron chi connectivity index (χ3n) is 2.69. The first-order valence-electron chi connectivity index (χ1n) is 6.83. The van der Waals surface area contributed by atoms with Gasteiger partial charge in [0.1, 0.15) is 11.5 Å². The van der Waals surface area contributed by atoms with Crippen LogP contribution in [0.3, 0.4) is 0 Å². The Bertz CT molecular complexity index is 617. The number of hydrogen-bond acceptors (Lipinski definition) is 3. The molecule has 0 spiro atoms. The Balaban J connectivity index is 1.74. The second-order valence-electron chi connectivity index (χ2n) is 4.33. The second kappa shape index (κ2) is 8.14. The zero-order valence-electron chi connectivity index (χ0n) is 12.1. The van der Waals surface area contributed by atoms with Crippen molar-refractivity contribution in [3.63, 3.8) is 0 Å². The van der Waals surface area contributed by atoms with E-state index < -0.39 is 0 Å². The van der Waals surface area contributed by atoms with E-state index in [1.54, 1.807) is 36.4 Å². The van der Waals surface area contributed by atoms with Crippen LogP contribution in [0.5, 0.6) is 11.5 Å². The predicted octanol–water partition coefficient (Wildman–Crippen LogP) is 3.90. The summed E-state index contributed by atoms with van der Waals surface area (Å²) < 4.78 is 10.8. The first-order valence-corrected chi connectivity index (χ1v) is 7.21. The molecule has 5 nitrogen and oxygen atoms in total. The number of urea groups is 1. The standard InChI is InChI=1S/C16H17ClN2O3/c1-2-21-14-6-8-15(9-7-14)22-11-18-16(20)19-13-5-3-4-12(17)10-13/h3-10H,2,11H2,1H3,(H2,18,19,20). The van der Waals surface area contributed by atoms with Crippen LogP contribution in [0.4, 0.5) is 10.5 Å². The number of rotatable bonds is 6. The van der Waals surface area contributed by atoms with Gasteiger partial charge >= 0.3 is 6.03 Å². The first kappa shape index (κ1) is 16.0. The van der Waals surface area contributed by atoms with E-state index in [1.807, 2.05) is 19.1 Å². The summed E-state index contributed by atoms with van der Waals surface area (Å²) >= 11 is 5.84. The SMILES string of the molecule is CCOc1ccc(OCNC(=O)Nc2cccc(Cl)c2)cc1. The van der Waals surface area contributed by atoms with Crippen molar-refractivity contribution >= 4 is 23.3 Å². The molecule has 0 saturated heterocycles. The Morgan fingerprint density at radius 1 is 1.09 bits per heavy atom. The van der Waals surface area contributed by atoms with Crippen LogP contribution < -0.4 is 20.1 Å². The van der Waals surface area contributed by atoms with Crippen LogP contribution in [0.1, 0.15) is 6.92 Å². The van der Waals surface area contributed by atoms with E-state index in [0.717, 1.165) is 5.75 Å². The molecular weight excluding hydrogens is 304 g/mol. The molecule has 0 atom stereocenters. The predicted molar refractivity (Wildman–Crippen MR) is 86.7 cm³/mol. The van der Waals surface area contributed by atoms with E-state index >= 15 is 0 Å². The maximum atomic E-state index is 11.7. The minimum Gasteiger partial charge on any atom is -0.494 e. The lowest BCUT2D eigenvalue weighted by Crippen LogP contribution is -2.31. The highest BCUT2D eigenvalue weighted by Gasteiger charge is 2.02. The fraction of sp³-hybridized carbons (Fsp3) is 0.188. The van der Waals surface area contributed by atoms with Gasteiger partial charge in [0.15, 0.2) is 6.73 Å². The van der Waals surface area contributed by atoms with E-state index in [-0.39, 0.29) is 12.8 Å². The molecule has 2 aromatic carbocycles. The van der Waals surface area contributed by atoms with Crippen LogP contribution in [0.2, 0.25) is 5.02 Å². The van der Waals surface area contributed by atoms with Crippen LogP contribution in [-0.4, -0.2) is 19.4 Å². The summed E-state index contributed by atoms with van der Waals surface area (Å²) in [5, 5.41) is 5.81. The number of halogens is 1. The molecule has 0 fully saturated rings. The van der Waals surface area contributed by atoms with Crippen molar-refractivity contribution in [2.24, 2.45) is 0 Å². The Morgan fingerprint density at radius 3 is 2.41 bits per heavy atom. The number of ether oxygens (including phenoxy) is 2. The van der Waals surface area contributed by atoms with E-state index in [1.165, 1.54) is 0 Å². The molecular formula is C16H17ClN2O3. The lowest BCUT2D eigenvalue weighted by molar-refractivity contribution is 0.234. The first-order chi connectivity index (χ1) is 10.7. The molecule has 2 N–H and O–H groups in total. The summed E-state index contributed by atoms with van der Waals surface area (Å²) in [6.45, 7) is 2.60. The minimum atomic E-state index is -0.367. The largest absolute Gasteiger partial charge is 0.494 e. The number of carbonyl (C=O) groups is 1. The van der Waals surface area contributed by atoms with Gasteiger partial charge < -0.3 is 20.1 Å². The quantitative estimate of drug-likeness (QED) is 0.794. The van der Waals surface area contributed by atoms with Crippen LogP contribution in [0.25, 0.3) is 0 Å². The fourth-order valence-corrected chi connectivity index (χ4v) is 1.92. The summed E-state index contributed by atoms with van der Waals surface area (Å²) in [6.07, 6.45) is 0. The molecule has 0 aromatic heterocycles. The molecule has 0 aliphatic carbocycles. The van der Waals surface area contributed by atoms with Crippen molar-refractivity contribution in [2.45, 2.75) is 6.92 Å². The molecule has 2 rings (SSSR count). The smallest absolute Gasteiger partial charge is 0.321 e. The number of nitrogens with one attached hydrogen (secondary N) is 2. The van der Waals surface area contributed by atoms with Gasteiger partial charge in [-0.15, -0.1) is 0 Å². The molecule has 0 aliphatic rings. The normalized spacial score (nSPS) is 9.91. The van der Waals surface area contributed by atoms with E-state index in [2.05, 4.69) is 10.6 Å². The molecule has 116 valence electrons. The van der Waals surface area contributed by atoms with Gasteiger partial charge in [0.05, 0.1) is 6.61 Å². The molecule has 0 unspecified atom stereocenters. The maximum Gasteiger partial charge on any atom is 0.321 e. The molecule has 0 bridgehead atoms. The number of hydrogen-bond donors (Lipinski definition) is 2. The Labute approximate surface area is 134 Å². The second-order valence-corrected chi connectivity index (χ2v) is 4.77. The Kier molecular flexibility index (Phi) is 5.91. The monoisotopic (exact) mass is 320 g/mol. The zero-order chi connectivity index (χ0) is 15.8. The van der Waals surface area contributed by atoms with Crippen molar-refractivity contribution in [3.8, 4) is 11.5 Å². The van der Waals surface area contributed by atoms with Crippen molar-refractivity contribution < 1.29 is 14.3 Å². The molecule has 2 amide bonds. The highest BCUT2D eigenvalue weighted by molar-refractivity contribution is 6.30. The maximum absolute atomic E-state index is 11.7. The topological polar surface area (TPSA) is 59.6 Å². The van der Waals surface area contributed by atoms with Gasteiger partial charge in [-0.3, -0.25) is 0 Å². The van der Waals surface area contributed by atoms with Gasteiger partial charge in [0.25, 0.3) is 0 Å². The Hall–Kier alpha value is -2.40. The van der Waals surface area contributed by atoms with E-state index in [4.69, 9.17) is 21.1 Å². The van der Waals surface area contributed by atoms with Gasteiger partial charge in [-0.1, -0.05) is 17.7 Å². The summed E-state index contributed by atoms with van der Waals surface area (Å²) in [5.41, 5.74) is 0.617. The number of carbonyl (C=O) groups excluding carboxylic acids is 1. The van der Waals surface area contributed by atoms with Crippen molar-refractivity contribution in [1.29, 1.82) is 0 Å². The summed E-state index contributed by atoms with van der Waals surface area (Å²) in [4.78, 5) is 11.7. The Morgan fingerprint density at radius 2 is 1.77 bits per heavy atom. The molecule has 0 aliphatic heterocycles. The van der Waals surface area contributed by atoms with Crippen molar-refractivity contribution in [2.75, 3.05) is 18.7 Å². The van der Waals surface area contributed by atoms with Crippen LogP contribution in [-0.2, 0) is 0 Å². The number of amides is 2. The third-order valence-corrected chi connectivity index (χ3v) is 2.92. The molecule has 6 heteroatoms. The average molecular weight is 321 g/mol. The third kappa shape index (κ3) is 5.18. The average Bonchev–Trinajstić information content (AvgIpc) is 2.49. The molecule has 0 radical (unpaired) electrons. The van der Waals surface area contributed by atoms with Crippen LogP contribution >= 0.6 is 11.6 Å². The highest BCUT2D eigenvalue weighted by Crippen LogP contribution is 2.17.